The van der Waals surface area contributed by atoms with Crippen molar-refractivity contribution in [2.75, 3.05) is 0 Å². The molecule has 0 saturated carbocycles. The van der Waals surface area contributed by atoms with E-state index in [-0.39, 0.29) is 36.0 Å². The summed E-state index contributed by atoms with van der Waals surface area (Å²) >= 11 is 0. The number of carbonyl (C=O) groups excluding carboxylic acids is 2. The van der Waals surface area contributed by atoms with Gasteiger partial charge in [-0.3, -0.25) is 9.59 Å². The average molecular weight is 500 g/mol. The van der Waals surface area contributed by atoms with Crippen LogP contribution in [0, 0.1) is 0 Å². The van der Waals surface area contributed by atoms with Gasteiger partial charge in [0.1, 0.15) is 10.1 Å². The Morgan fingerprint density at radius 2 is 1.39 bits per heavy atom. The second kappa shape index (κ2) is 21.6. The maximum absolute atomic E-state index is 11.6. The second-order valence-electron chi connectivity index (χ2n) is 7.86. The van der Waals surface area contributed by atoms with Crippen LogP contribution >= 0.6 is 0 Å². The molecule has 0 saturated heterocycles. The van der Waals surface area contributed by atoms with Gasteiger partial charge < -0.3 is 14.5 Å². The van der Waals surface area contributed by atoms with Gasteiger partial charge in [-0.25, -0.2) is 13.2 Å². The van der Waals surface area contributed by atoms with E-state index in [0.29, 0.717) is 6.42 Å². The van der Waals surface area contributed by atoms with E-state index in [4.69, 9.17) is 5.11 Å². The Hall–Kier alpha value is -0.940. The van der Waals surface area contributed by atoms with E-state index in [2.05, 4.69) is 23.9 Å². The summed E-state index contributed by atoms with van der Waals surface area (Å²) in [5.41, 5.74) is 1.76. The number of rotatable bonds is 19. The standard InChI is InChI=1S/C22H39NO8S.Na/c1-2-3-4-5-6-7-8-9-10-11-12-13-14-15-16-17-20(24)23-31-22(27)19(18-21(25)26)32(28,29)30;/h9-10,19H,2-8,11-18H2,1H3,(H,23,24)(H,25,26)(H,28,29,30);/q;+1/p-1/b10-9+;. The molecule has 1 atom stereocenters. The van der Waals surface area contributed by atoms with Gasteiger partial charge in [0.15, 0.2) is 5.25 Å². The monoisotopic (exact) mass is 499 g/mol. The fraction of sp³-hybridized carbons (Fsp3) is 0.773. The molecule has 33 heavy (non-hydrogen) atoms. The van der Waals surface area contributed by atoms with Gasteiger partial charge in [-0.2, -0.15) is 5.48 Å². The first-order valence-corrected chi connectivity index (χ1v) is 13.0. The zero-order chi connectivity index (χ0) is 24.2. The van der Waals surface area contributed by atoms with E-state index in [9.17, 15) is 27.4 Å². The number of allylic oxidation sites excluding steroid dienone is 2. The number of unbranched alkanes of at least 4 members (excludes halogenated alkanes) is 11. The van der Waals surface area contributed by atoms with E-state index in [0.717, 1.165) is 38.5 Å². The number of carbonyl (C=O) groups is 3. The predicted octanol–water partition coefficient (Wildman–Crippen LogP) is 0.991. The van der Waals surface area contributed by atoms with Gasteiger partial charge in [-0.1, -0.05) is 70.4 Å². The molecule has 2 N–H and O–H groups in total. The van der Waals surface area contributed by atoms with Crippen LogP contribution in [-0.2, 0) is 29.3 Å². The largest absolute Gasteiger partial charge is 1.00 e. The summed E-state index contributed by atoms with van der Waals surface area (Å²) in [5.74, 6) is -3.90. The topological polar surface area (TPSA) is 150 Å². The minimum absolute atomic E-state index is 0. The van der Waals surface area contributed by atoms with E-state index in [1.165, 1.54) is 38.5 Å². The maximum Gasteiger partial charge on any atom is 1.00 e. The van der Waals surface area contributed by atoms with Crippen molar-refractivity contribution in [2.24, 2.45) is 0 Å². The van der Waals surface area contributed by atoms with Crippen LogP contribution in [0.1, 0.15) is 103 Å². The minimum atomic E-state index is -5.21. The SMILES string of the molecule is CCCCCCCC/C=C/CCCCCCCC(=O)NOC(=O)C(CC(=O)O)S(=O)(=O)[O-].[Na+]. The number of carboxylic acid groups (broad SMARTS) is 1. The molecular weight excluding hydrogens is 461 g/mol. The van der Waals surface area contributed by atoms with Crippen molar-refractivity contribution in [2.45, 2.75) is 108 Å². The fourth-order valence-corrected chi connectivity index (χ4v) is 3.67. The van der Waals surface area contributed by atoms with Gasteiger partial charge in [-0.05, 0) is 32.1 Å². The van der Waals surface area contributed by atoms with Crippen molar-refractivity contribution >= 4 is 28.0 Å². The normalized spacial score (nSPS) is 12.2. The van der Waals surface area contributed by atoms with Crippen LogP contribution in [-0.4, -0.2) is 41.2 Å². The first-order chi connectivity index (χ1) is 15.2. The number of hydroxylamine groups is 1. The number of carboxylic acids is 1. The summed E-state index contributed by atoms with van der Waals surface area (Å²) in [4.78, 5) is 38.0. The Kier molecular flexibility index (Phi) is 22.4. The van der Waals surface area contributed by atoms with Gasteiger partial charge in [0, 0.05) is 6.42 Å². The van der Waals surface area contributed by atoms with E-state index in [1.807, 2.05) is 0 Å². The third-order valence-electron chi connectivity index (χ3n) is 4.90. The molecule has 0 fully saturated rings. The molecule has 0 bridgehead atoms. The molecule has 186 valence electrons. The molecule has 9 nitrogen and oxygen atoms in total. The van der Waals surface area contributed by atoms with Crippen molar-refractivity contribution in [3.8, 4) is 0 Å². The molecule has 11 heteroatoms. The van der Waals surface area contributed by atoms with Crippen molar-refractivity contribution in [3.05, 3.63) is 12.2 Å². The quantitative estimate of drug-likeness (QED) is 0.0878. The molecule has 0 aliphatic carbocycles. The van der Waals surface area contributed by atoms with Gasteiger partial charge in [0.25, 0.3) is 5.91 Å². The minimum Gasteiger partial charge on any atom is -0.747 e. The van der Waals surface area contributed by atoms with Crippen LogP contribution in [0.15, 0.2) is 12.2 Å². The predicted molar refractivity (Wildman–Crippen MR) is 119 cm³/mol. The van der Waals surface area contributed by atoms with E-state index < -0.39 is 39.6 Å². The summed E-state index contributed by atoms with van der Waals surface area (Å²) < 4.78 is 32.8. The summed E-state index contributed by atoms with van der Waals surface area (Å²) in [5, 5.41) is 6.17. The van der Waals surface area contributed by atoms with Crippen molar-refractivity contribution in [3.63, 3.8) is 0 Å². The summed E-state index contributed by atoms with van der Waals surface area (Å²) in [7, 11) is -5.21. The van der Waals surface area contributed by atoms with Crippen molar-refractivity contribution < 1.29 is 66.9 Å². The smallest absolute Gasteiger partial charge is 0.747 e. The first-order valence-electron chi connectivity index (χ1n) is 11.5. The van der Waals surface area contributed by atoms with Crippen LogP contribution in [0.5, 0.6) is 0 Å². The Labute approximate surface area is 220 Å². The Morgan fingerprint density at radius 3 is 1.88 bits per heavy atom. The van der Waals surface area contributed by atoms with Crippen LogP contribution in [0.2, 0.25) is 0 Å². The zero-order valence-corrected chi connectivity index (χ0v) is 22.9. The van der Waals surface area contributed by atoms with Gasteiger partial charge >= 0.3 is 41.5 Å². The number of aliphatic carboxylic acids is 1. The summed E-state index contributed by atoms with van der Waals surface area (Å²) in [6.07, 6.45) is 17.8. The zero-order valence-electron chi connectivity index (χ0n) is 20.1. The number of hydrogen-bond donors (Lipinski definition) is 2. The molecular formula is C22H38NNaO8S. The van der Waals surface area contributed by atoms with Crippen molar-refractivity contribution in [1.29, 1.82) is 0 Å². The molecule has 0 heterocycles. The van der Waals surface area contributed by atoms with Gasteiger partial charge in [-0.15, -0.1) is 0 Å². The molecule has 0 aliphatic rings. The fourth-order valence-electron chi connectivity index (χ4n) is 3.04. The Bertz CT molecular complexity index is 682. The molecule has 1 unspecified atom stereocenters. The average Bonchev–Trinajstić information content (AvgIpc) is 2.72. The number of hydrogen-bond acceptors (Lipinski definition) is 7. The third-order valence-corrected chi connectivity index (χ3v) is 5.96. The van der Waals surface area contributed by atoms with Crippen molar-refractivity contribution in [1.82, 2.24) is 5.48 Å². The summed E-state index contributed by atoms with van der Waals surface area (Å²) in [6.45, 7) is 2.22. The Morgan fingerprint density at radius 1 is 0.909 bits per heavy atom. The molecule has 1 amide bonds. The van der Waals surface area contributed by atoms with Crippen LogP contribution in [0.25, 0.3) is 0 Å². The number of nitrogens with one attached hydrogen (secondary N) is 1. The summed E-state index contributed by atoms with van der Waals surface area (Å²) in [6, 6.07) is 0. The van der Waals surface area contributed by atoms with Gasteiger partial charge in [0.2, 0.25) is 0 Å². The van der Waals surface area contributed by atoms with E-state index >= 15 is 0 Å². The number of amides is 1. The molecule has 0 aliphatic heterocycles. The molecule has 0 rings (SSSR count). The molecule has 0 aromatic heterocycles. The second-order valence-corrected chi connectivity index (χ2v) is 9.41. The van der Waals surface area contributed by atoms with Gasteiger partial charge in [0.05, 0.1) is 6.42 Å². The first kappa shape index (κ1) is 34.2. The Balaban J connectivity index is 0. The molecule has 0 aromatic rings. The maximum atomic E-state index is 11.6. The third kappa shape index (κ3) is 21.3. The van der Waals surface area contributed by atoms with E-state index in [1.54, 1.807) is 5.48 Å². The molecule has 0 radical (unpaired) electrons. The molecule has 0 spiro atoms. The van der Waals surface area contributed by atoms with Crippen LogP contribution in [0.3, 0.4) is 0 Å². The molecule has 0 aromatic carbocycles. The van der Waals surface area contributed by atoms with Crippen LogP contribution < -0.4 is 35.0 Å². The van der Waals surface area contributed by atoms with Crippen LogP contribution in [0.4, 0.5) is 0 Å².